The van der Waals surface area contributed by atoms with Crippen LogP contribution in [0, 0.1) is 17.0 Å². The molecule has 0 bridgehead atoms. The first-order valence-corrected chi connectivity index (χ1v) is 11.3. The zero-order valence-corrected chi connectivity index (χ0v) is 19.6. The van der Waals surface area contributed by atoms with E-state index in [0.29, 0.717) is 16.4 Å². The Labute approximate surface area is 204 Å². The van der Waals surface area contributed by atoms with Crippen molar-refractivity contribution in [3.05, 3.63) is 98.9 Å². The monoisotopic (exact) mass is 488 g/mol. The topological polar surface area (TPSA) is 116 Å². The van der Waals surface area contributed by atoms with Crippen LogP contribution in [-0.2, 0) is 0 Å². The van der Waals surface area contributed by atoms with Crippen LogP contribution in [0.1, 0.15) is 21.5 Å². The number of non-ortho nitro benzene ring substituents is 1. The number of ether oxygens (including phenoxy) is 2. The minimum atomic E-state index is -0.658. The molecule has 1 aromatic heterocycles. The van der Waals surface area contributed by atoms with Crippen molar-refractivity contribution in [2.45, 2.75) is 6.92 Å². The summed E-state index contributed by atoms with van der Waals surface area (Å²) < 4.78 is 10.7. The number of carbonyl (C=O) groups is 1. The number of esters is 1. The second-order valence-corrected chi connectivity index (χ2v) is 8.24. The summed E-state index contributed by atoms with van der Waals surface area (Å²) in [5.41, 5.74) is 6.79. The van der Waals surface area contributed by atoms with Gasteiger partial charge in [-0.15, -0.1) is 11.3 Å². The smallest absolute Gasteiger partial charge is 0.343 e. The van der Waals surface area contributed by atoms with Gasteiger partial charge in [-0.25, -0.2) is 9.78 Å². The fourth-order valence-corrected chi connectivity index (χ4v) is 3.74. The Morgan fingerprint density at radius 3 is 2.51 bits per heavy atom. The van der Waals surface area contributed by atoms with Gasteiger partial charge in [0.25, 0.3) is 5.69 Å². The molecule has 176 valence electrons. The van der Waals surface area contributed by atoms with Crippen LogP contribution in [0.4, 0.5) is 10.8 Å². The quantitative estimate of drug-likeness (QED) is 0.111. The number of rotatable bonds is 8. The Hall–Kier alpha value is -4.57. The maximum atomic E-state index is 12.4. The third-order valence-electron chi connectivity index (χ3n) is 4.93. The largest absolute Gasteiger partial charge is 0.493 e. The molecule has 9 nitrogen and oxygen atoms in total. The van der Waals surface area contributed by atoms with Crippen molar-refractivity contribution in [1.82, 2.24) is 4.98 Å². The first-order valence-electron chi connectivity index (χ1n) is 10.4. The number of hydrazone groups is 1. The number of benzene rings is 3. The van der Waals surface area contributed by atoms with E-state index >= 15 is 0 Å². The number of anilines is 1. The number of nitrogens with one attached hydrogen (secondary N) is 1. The normalized spacial score (nSPS) is 10.8. The predicted molar refractivity (Wildman–Crippen MR) is 135 cm³/mol. The van der Waals surface area contributed by atoms with Crippen molar-refractivity contribution in [3.8, 4) is 22.8 Å². The molecule has 0 spiro atoms. The van der Waals surface area contributed by atoms with Crippen LogP contribution in [0.3, 0.4) is 0 Å². The van der Waals surface area contributed by atoms with Gasteiger partial charge in [-0.1, -0.05) is 29.8 Å². The third-order valence-corrected chi connectivity index (χ3v) is 5.68. The van der Waals surface area contributed by atoms with Crippen molar-refractivity contribution in [2.24, 2.45) is 5.10 Å². The van der Waals surface area contributed by atoms with Crippen molar-refractivity contribution < 1.29 is 19.2 Å². The van der Waals surface area contributed by atoms with Gasteiger partial charge in [0.2, 0.25) is 5.13 Å². The van der Waals surface area contributed by atoms with Crippen LogP contribution in [0.5, 0.6) is 11.5 Å². The number of nitro benzene ring substituents is 1. The lowest BCUT2D eigenvalue weighted by molar-refractivity contribution is -0.384. The summed E-state index contributed by atoms with van der Waals surface area (Å²) in [6, 6.07) is 18.3. The van der Waals surface area contributed by atoms with Crippen LogP contribution in [0.2, 0.25) is 0 Å². The molecule has 1 N–H and O–H groups in total. The number of aryl methyl sites for hydroxylation is 1. The zero-order valence-electron chi connectivity index (χ0n) is 18.8. The summed E-state index contributed by atoms with van der Waals surface area (Å²) >= 11 is 1.45. The Kier molecular flexibility index (Phi) is 7.12. The van der Waals surface area contributed by atoms with Crippen LogP contribution >= 0.6 is 11.3 Å². The molecule has 10 heteroatoms. The number of aromatic nitrogens is 1. The second kappa shape index (κ2) is 10.6. The molecule has 0 aliphatic heterocycles. The molecule has 0 saturated carbocycles. The number of hydrogen-bond acceptors (Lipinski definition) is 9. The van der Waals surface area contributed by atoms with Crippen molar-refractivity contribution >= 4 is 34.3 Å². The highest BCUT2D eigenvalue weighted by molar-refractivity contribution is 7.14. The lowest BCUT2D eigenvalue weighted by Crippen LogP contribution is -2.09. The van der Waals surface area contributed by atoms with Gasteiger partial charge in [-0.2, -0.15) is 5.10 Å². The molecule has 0 saturated heterocycles. The van der Waals surface area contributed by atoms with Gasteiger partial charge in [0.1, 0.15) is 0 Å². The van der Waals surface area contributed by atoms with Gasteiger partial charge < -0.3 is 9.47 Å². The second-order valence-electron chi connectivity index (χ2n) is 7.38. The van der Waals surface area contributed by atoms with Crippen molar-refractivity contribution in [2.75, 3.05) is 12.5 Å². The van der Waals surface area contributed by atoms with Gasteiger partial charge in [0.05, 0.1) is 29.5 Å². The molecule has 0 radical (unpaired) electrons. The first kappa shape index (κ1) is 23.6. The molecule has 0 fully saturated rings. The first-order chi connectivity index (χ1) is 16.9. The molecular weight excluding hydrogens is 468 g/mol. The van der Waals surface area contributed by atoms with E-state index in [0.717, 1.165) is 11.3 Å². The highest BCUT2D eigenvalue weighted by Crippen LogP contribution is 2.29. The molecule has 0 atom stereocenters. The lowest BCUT2D eigenvalue weighted by Gasteiger charge is -2.10. The molecule has 4 aromatic rings. The summed E-state index contributed by atoms with van der Waals surface area (Å²) in [5, 5.41) is 17.6. The molecular formula is C25H20N4O5S. The van der Waals surface area contributed by atoms with E-state index < -0.39 is 10.9 Å². The summed E-state index contributed by atoms with van der Waals surface area (Å²) in [6.45, 7) is 2.04. The highest BCUT2D eigenvalue weighted by atomic mass is 32.1. The Bertz CT molecular complexity index is 1380. The third kappa shape index (κ3) is 5.87. The number of hydrogen-bond donors (Lipinski definition) is 1. The van der Waals surface area contributed by atoms with E-state index in [1.54, 1.807) is 24.4 Å². The van der Waals surface area contributed by atoms with Gasteiger partial charge >= 0.3 is 5.97 Å². The Balaban J connectivity index is 1.40. The molecule has 0 unspecified atom stereocenters. The fourth-order valence-electron chi connectivity index (χ4n) is 3.07. The van der Waals surface area contributed by atoms with E-state index in [4.69, 9.17) is 9.47 Å². The van der Waals surface area contributed by atoms with Crippen molar-refractivity contribution in [1.29, 1.82) is 0 Å². The van der Waals surface area contributed by atoms with Crippen LogP contribution in [0.25, 0.3) is 11.3 Å². The van der Waals surface area contributed by atoms with Gasteiger partial charge in [0.15, 0.2) is 11.5 Å². The van der Waals surface area contributed by atoms with Crippen LogP contribution < -0.4 is 14.9 Å². The minimum absolute atomic E-state index is 0.111. The molecule has 0 amide bonds. The molecule has 1 heterocycles. The maximum Gasteiger partial charge on any atom is 0.343 e. The van der Waals surface area contributed by atoms with Crippen LogP contribution in [-0.4, -0.2) is 29.2 Å². The maximum absolute atomic E-state index is 12.4. The molecule has 0 aliphatic rings. The van der Waals surface area contributed by atoms with E-state index in [1.807, 2.05) is 36.6 Å². The lowest BCUT2D eigenvalue weighted by atomic mass is 10.1. The fraction of sp³-hybridized carbons (Fsp3) is 0.0800. The molecule has 4 rings (SSSR count). The van der Waals surface area contributed by atoms with E-state index in [1.165, 1.54) is 48.3 Å². The zero-order chi connectivity index (χ0) is 24.8. The number of thiazole rings is 1. The summed E-state index contributed by atoms with van der Waals surface area (Å²) in [5.74, 6) is -0.113. The molecule has 3 aromatic carbocycles. The summed E-state index contributed by atoms with van der Waals surface area (Å²) in [6.07, 6.45) is 1.59. The number of nitro groups is 1. The SMILES string of the molecule is COc1cc(/C=N\Nc2nc(-c3ccc(C)cc3)cs2)ccc1OC(=O)c1ccc([N+](=O)[O-])cc1. The van der Waals surface area contributed by atoms with Gasteiger partial charge in [0, 0.05) is 23.1 Å². The number of nitrogens with zero attached hydrogens (tertiary/aromatic N) is 3. The van der Waals surface area contributed by atoms with Crippen molar-refractivity contribution in [3.63, 3.8) is 0 Å². The van der Waals surface area contributed by atoms with E-state index in [-0.39, 0.29) is 17.0 Å². The van der Waals surface area contributed by atoms with Gasteiger partial charge in [-0.3, -0.25) is 15.5 Å². The van der Waals surface area contributed by atoms with Gasteiger partial charge in [-0.05, 0) is 42.8 Å². The Morgan fingerprint density at radius 2 is 1.83 bits per heavy atom. The Morgan fingerprint density at radius 1 is 1.09 bits per heavy atom. The summed E-state index contributed by atoms with van der Waals surface area (Å²) in [7, 11) is 1.46. The van der Waals surface area contributed by atoms with Crippen LogP contribution in [0.15, 0.2) is 77.2 Å². The number of methoxy groups -OCH3 is 1. The summed E-state index contributed by atoms with van der Waals surface area (Å²) in [4.78, 5) is 27.2. The average Bonchev–Trinajstić information content (AvgIpc) is 3.34. The van der Waals surface area contributed by atoms with E-state index in [9.17, 15) is 14.9 Å². The predicted octanol–water partition coefficient (Wildman–Crippen LogP) is 5.70. The van der Waals surface area contributed by atoms with E-state index in [2.05, 4.69) is 15.5 Å². The number of carbonyl (C=O) groups excluding carboxylic acids is 1. The molecule has 35 heavy (non-hydrogen) atoms. The standard InChI is InChI=1S/C25H20N4O5S/c1-16-3-6-18(7-4-16)21-15-35-25(27-21)28-26-14-17-5-12-22(23(13-17)33-2)34-24(30)19-8-10-20(11-9-19)29(31)32/h3-15H,1-2H3,(H,27,28)/b26-14-. The molecule has 0 aliphatic carbocycles. The average molecular weight is 489 g/mol. The highest BCUT2D eigenvalue weighted by Gasteiger charge is 2.14. The minimum Gasteiger partial charge on any atom is -0.493 e.